The lowest BCUT2D eigenvalue weighted by atomic mass is 10.0. The Labute approximate surface area is 214 Å². The Morgan fingerprint density at radius 2 is 1.62 bits per heavy atom. The van der Waals surface area contributed by atoms with Crippen LogP contribution in [0.5, 0.6) is 0 Å². The number of rotatable bonds is 15. The van der Waals surface area contributed by atoms with Gasteiger partial charge in [-0.05, 0) is 36.8 Å². The Morgan fingerprint density at radius 3 is 2.14 bits per heavy atom. The molecule has 0 aliphatic heterocycles. The molecular formula is C23H30N6O7S. The minimum absolute atomic E-state index is 0.0248. The van der Waals surface area contributed by atoms with Crippen molar-refractivity contribution in [2.24, 2.45) is 5.73 Å². The number of carbonyl (C=O) groups is 2. The molecular weight excluding hydrogens is 504 g/mol. The van der Waals surface area contributed by atoms with E-state index in [1.165, 1.54) is 0 Å². The van der Waals surface area contributed by atoms with E-state index in [4.69, 9.17) is 11.1 Å². The topological polar surface area (TPSA) is 209 Å². The second-order valence-corrected chi connectivity index (χ2v) is 10.1. The van der Waals surface area contributed by atoms with E-state index in [1.807, 2.05) is 6.07 Å². The number of hydrogen-bond donors (Lipinski definition) is 5. The predicted octanol–water partition coefficient (Wildman–Crippen LogP) is 0.497. The summed E-state index contributed by atoms with van der Waals surface area (Å²) >= 11 is 0. The Kier molecular flexibility index (Phi) is 11.0. The molecule has 2 atom stereocenters. The van der Waals surface area contributed by atoms with Crippen molar-refractivity contribution in [2.45, 2.75) is 37.8 Å². The summed E-state index contributed by atoms with van der Waals surface area (Å²) in [7, 11) is -3.92. The third kappa shape index (κ3) is 10.2. The number of nitrogens with one attached hydrogen (secondary N) is 3. The third-order valence-corrected chi connectivity index (χ3v) is 6.76. The summed E-state index contributed by atoms with van der Waals surface area (Å²) in [6.45, 7) is -0.346. The molecule has 200 valence electrons. The standard InChI is InChI=1S/C23H30N6O7S/c24-23(25)28(29(33)34)14-7-12-19(22(31)32)26-21(30)20(16-18-10-5-2-6-11-18)27-37(35,36)15-13-17-8-3-1-4-9-17/h1-6,8-11,19-20,27H,7,12-16H2,(H3,24,25)(H,26,30)(H,31,32)/t19?,20-/m0/s1. The normalized spacial score (nSPS) is 12.8. The fourth-order valence-corrected chi connectivity index (χ4v) is 4.72. The minimum atomic E-state index is -3.92. The number of carboxylic acids is 1. The van der Waals surface area contributed by atoms with Gasteiger partial charge in [0.2, 0.25) is 15.9 Å². The fourth-order valence-electron chi connectivity index (χ4n) is 3.48. The van der Waals surface area contributed by atoms with Crippen LogP contribution in [0.3, 0.4) is 0 Å². The molecule has 0 aromatic heterocycles. The van der Waals surface area contributed by atoms with Gasteiger partial charge in [0, 0.05) is 0 Å². The number of hydrogen-bond acceptors (Lipinski definition) is 7. The first-order chi connectivity index (χ1) is 17.5. The molecule has 2 aromatic rings. The number of carbonyl (C=O) groups excluding carboxylic acids is 1. The number of amides is 1. The molecule has 13 nitrogen and oxygen atoms in total. The lowest BCUT2D eigenvalue weighted by Gasteiger charge is -2.22. The summed E-state index contributed by atoms with van der Waals surface area (Å²) in [4.78, 5) is 35.7. The molecule has 1 unspecified atom stereocenters. The molecule has 6 N–H and O–H groups in total. The first-order valence-electron chi connectivity index (χ1n) is 11.4. The number of guanidine groups is 1. The Balaban J connectivity index is 2.11. The van der Waals surface area contributed by atoms with E-state index in [-0.39, 0.29) is 38.0 Å². The molecule has 0 spiro atoms. The van der Waals surface area contributed by atoms with Gasteiger partial charge in [-0.25, -0.2) is 28.0 Å². The van der Waals surface area contributed by atoms with Crippen LogP contribution in [0.25, 0.3) is 0 Å². The Morgan fingerprint density at radius 1 is 1.05 bits per heavy atom. The molecule has 0 saturated heterocycles. The van der Waals surface area contributed by atoms with Crippen molar-refractivity contribution in [3.63, 3.8) is 0 Å². The van der Waals surface area contributed by atoms with E-state index in [9.17, 15) is 33.2 Å². The zero-order chi connectivity index (χ0) is 27.4. The second kappa shape index (κ2) is 13.9. The van der Waals surface area contributed by atoms with Crippen LogP contribution in [0.4, 0.5) is 0 Å². The fraction of sp³-hybridized carbons (Fsp3) is 0.348. The van der Waals surface area contributed by atoms with Crippen LogP contribution in [-0.2, 0) is 32.5 Å². The largest absolute Gasteiger partial charge is 0.480 e. The number of benzene rings is 2. The molecule has 37 heavy (non-hydrogen) atoms. The van der Waals surface area contributed by atoms with Gasteiger partial charge in [0.05, 0.1) is 12.3 Å². The van der Waals surface area contributed by atoms with Gasteiger partial charge in [0.25, 0.3) is 5.96 Å². The van der Waals surface area contributed by atoms with Crippen molar-refractivity contribution in [2.75, 3.05) is 12.3 Å². The van der Waals surface area contributed by atoms with Gasteiger partial charge in [0.1, 0.15) is 12.1 Å². The molecule has 2 aromatic carbocycles. The van der Waals surface area contributed by atoms with Gasteiger partial charge < -0.3 is 16.2 Å². The van der Waals surface area contributed by atoms with Crippen molar-refractivity contribution >= 4 is 27.9 Å². The van der Waals surface area contributed by atoms with Gasteiger partial charge in [-0.3, -0.25) is 10.2 Å². The number of aryl methyl sites for hydroxylation is 1. The van der Waals surface area contributed by atoms with Crippen LogP contribution >= 0.6 is 0 Å². The summed E-state index contributed by atoms with van der Waals surface area (Å²) in [5.74, 6) is -3.33. The number of sulfonamides is 1. The summed E-state index contributed by atoms with van der Waals surface area (Å²) in [6.07, 6.45) is -0.0960. The maximum absolute atomic E-state index is 13.1. The monoisotopic (exact) mass is 534 g/mol. The summed E-state index contributed by atoms with van der Waals surface area (Å²) in [5, 5.41) is 29.5. The first kappa shape index (κ1) is 29.2. The van der Waals surface area contributed by atoms with Crippen LogP contribution in [0.2, 0.25) is 0 Å². The zero-order valence-electron chi connectivity index (χ0n) is 19.9. The summed E-state index contributed by atoms with van der Waals surface area (Å²) in [5.41, 5.74) is 6.60. The van der Waals surface area contributed by atoms with Crippen molar-refractivity contribution in [1.29, 1.82) is 5.41 Å². The highest BCUT2D eigenvalue weighted by molar-refractivity contribution is 7.89. The Hall–Kier alpha value is -4.04. The van der Waals surface area contributed by atoms with E-state index < -0.39 is 45.0 Å². The molecule has 2 rings (SSSR count). The highest BCUT2D eigenvalue weighted by Crippen LogP contribution is 2.09. The summed E-state index contributed by atoms with van der Waals surface area (Å²) < 4.78 is 28.0. The van der Waals surface area contributed by atoms with Crippen molar-refractivity contribution < 1.29 is 28.1 Å². The van der Waals surface area contributed by atoms with Crippen LogP contribution in [-0.4, -0.2) is 65.8 Å². The van der Waals surface area contributed by atoms with Crippen LogP contribution in [0, 0.1) is 15.5 Å². The van der Waals surface area contributed by atoms with E-state index in [2.05, 4.69) is 10.0 Å². The second-order valence-electron chi connectivity index (χ2n) is 8.20. The Bertz CT molecular complexity index is 1160. The minimum Gasteiger partial charge on any atom is -0.480 e. The third-order valence-electron chi connectivity index (χ3n) is 5.38. The van der Waals surface area contributed by atoms with Crippen LogP contribution < -0.4 is 15.8 Å². The number of aliphatic carboxylic acids is 1. The van der Waals surface area contributed by atoms with E-state index in [1.54, 1.807) is 54.6 Å². The quantitative estimate of drug-likeness (QED) is 0.0930. The van der Waals surface area contributed by atoms with Crippen molar-refractivity contribution in [3.05, 3.63) is 81.9 Å². The van der Waals surface area contributed by atoms with Gasteiger partial charge in [-0.1, -0.05) is 65.7 Å². The highest BCUT2D eigenvalue weighted by atomic mass is 32.2. The highest BCUT2D eigenvalue weighted by Gasteiger charge is 2.29. The van der Waals surface area contributed by atoms with Gasteiger partial charge >= 0.3 is 5.97 Å². The van der Waals surface area contributed by atoms with Crippen LogP contribution in [0.15, 0.2) is 60.7 Å². The first-order valence-corrected chi connectivity index (χ1v) is 13.0. The predicted molar refractivity (Wildman–Crippen MR) is 135 cm³/mol. The van der Waals surface area contributed by atoms with Gasteiger partial charge in [-0.2, -0.15) is 0 Å². The van der Waals surface area contributed by atoms with Gasteiger partial charge in [-0.15, -0.1) is 0 Å². The van der Waals surface area contributed by atoms with Crippen LogP contribution in [0.1, 0.15) is 24.0 Å². The van der Waals surface area contributed by atoms with E-state index in [0.29, 0.717) is 10.6 Å². The lowest BCUT2D eigenvalue weighted by Crippen LogP contribution is -2.53. The molecule has 0 fully saturated rings. The number of carboxylic acid groups (broad SMARTS) is 1. The zero-order valence-corrected chi connectivity index (χ0v) is 20.8. The van der Waals surface area contributed by atoms with Gasteiger partial charge in [0.15, 0.2) is 5.03 Å². The molecule has 0 heterocycles. The number of nitrogens with two attached hydrogens (primary N) is 1. The number of nitrogens with zero attached hydrogens (tertiary/aromatic N) is 2. The van der Waals surface area contributed by atoms with Crippen molar-refractivity contribution in [1.82, 2.24) is 15.0 Å². The summed E-state index contributed by atoms with van der Waals surface area (Å²) in [6, 6.07) is 14.8. The van der Waals surface area contributed by atoms with E-state index in [0.717, 1.165) is 5.56 Å². The number of hydrazine groups is 1. The number of nitro groups is 1. The average Bonchev–Trinajstić information content (AvgIpc) is 2.84. The molecule has 0 saturated carbocycles. The smallest absolute Gasteiger partial charge is 0.326 e. The maximum atomic E-state index is 13.1. The molecule has 0 radical (unpaired) electrons. The molecule has 0 aliphatic rings. The average molecular weight is 535 g/mol. The maximum Gasteiger partial charge on any atom is 0.326 e. The molecule has 0 aliphatic carbocycles. The molecule has 1 amide bonds. The van der Waals surface area contributed by atoms with E-state index >= 15 is 0 Å². The van der Waals surface area contributed by atoms with Crippen molar-refractivity contribution in [3.8, 4) is 0 Å². The molecule has 14 heteroatoms. The molecule has 0 bridgehead atoms. The SMILES string of the molecule is N=C(N)N(CCCC(NC(=O)[C@H](Cc1ccccc1)NS(=O)(=O)CCc1ccccc1)C(=O)O)[N+](=O)[O-]. The lowest BCUT2D eigenvalue weighted by molar-refractivity contribution is -0.629.